The zero-order chi connectivity index (χ0) is 15.4. The lowest BCUT2D eigenvalue weighted by Crippen LogP contribution is -2.10. The maximum Gasteiger partial charge on any atom is 0.330 e. The van der Waals surface area contributed by atoms with E-state index in [1.807, 2.05) is 25.1 Å². The molecule has 2 aromatic rings. The van der Waals surface area contributed by atoms with Gasteiger partial charge in [0.2, 0.25) is 11.8 Å². The molecule has 0 atom stereocenters. The number of aromatic nitrogens is 1. The molecule has 0 spiro atoms. The smallest absolute Gasteiger partial charge is 0.330 e. The van der Waals surface area contributed by atoms with Crippen LogP contribution in [0.1, 0.15) is 24.5 Å². The van der Waals surface area contributed by atoms with Gasteiger partial charge in [-0.3, -0.25) is 0 Å². The molecule has 109 valence electrons. The van der Waals surface area contributed by atoms with E-state index >= 15 is 0 Å². The first-order chi connectivity index (χ1) is 10.8. The zero-order valence-corrected chi connectivity index (χ0v) is 12.2. The third-order valence-electron chi connectivity index (χ3n) is 3.18. The zero-order valence-electron chi connectivity index (χ0n) is 12.2. The minimum Gasteiger partial charge on any atom is -0.477 e. The minimum atomic E-state index is 0.305. The van der Waals surface area contributed by atoms with Crippen LogP contribution in [0.5, 0.6) is 17.5 Å². The summed E-state index contributed by atoms with van der Waals surface area (Å²) < 4.78 is 16.5. The summed E-state index contributed by atoms with van der Waals surface area (Å²) in [5.41, 5.74) is 2.54. The Morgan fingerprint density at radius 2 is 2.27 bits per heavy atom. The van der Waals surface area contributed by atoms with Gasteiger partial charge >= 0.3 is 7.48 Å². The molecule has 2 heterocycles. The van der Waals surface area contributed by atoms with E-state index in [2.05, 4.69) is 11.1 Å². The Labute approximate surface area is 129 Å². The molecule has 0 N–H and O–H groups in total. The van der Waals surface area contributed by atoms with Crippen LogP contribution in [0, 0.1) is 11.3 Å². The van der Waals surface area contributed by atoms with Crippen LogP contribution in [0.4, 0.5) is 0 Å². The Morgan fingerprint density at radius 3 is 3.09 bits per heavy atom. The molecule has 22 heavy (non-hydrogen) atoms. The quantitative estimate of drug-likeness (QED) is 0.791. The number of hydrogen-bond donors (Lipinski definition) is 0. The fourth-order valence-electron chi connectivity index (χ4n) is 2.10. The number of hydrogen-bond acceptors (Lipinski definition) is 5. The second kappa shape index (κ2) is 6.50. The molecule has 0 saturated carbocycles. The van der Waals surface area contributed by atoms with Crippen molar-refractivity contribution in [1.29, 1.82) is 5.26 Å². The molecule has 0 unspecified atom stereocenters. The van der Waals surface area contributed by atoms with Crippen molar-refractivity contribution in [3.05, 3.63) is 41.5 Å². The van der Waals surface area contributed by atoms with E-state index < -0.39 is 0 Å². The number of fused-ring (bicyclic) bond motifs is 1. The fraction of sp³-hybridized carbons (Fsp3) is 0.250. The SMILES string of the molecule is CCCOc1nc(Oc2ccc3c(c2)CO[B]3)ccc1C#N. The van der Waals surface area contributed by atoms with Crippen molar-refractivity contribution >= 4 is 12.9 Å². The first-order valence-corrected chi connectivity index (χ1v) is 7.09. The highest BCUT2D eigenvalue weighted by molar-refractivity contribution is 6.48. The van der Waals surface area contributed by atoms with Crippen molar-refractivity contribution in [1.82, 2.24) is 4.98 Å². The molecule has 5 nitrogen and oxygen atoms in total. The van der Waals surface area contributed by atoms with E-state index in [4.69, 9.17) is 19.4 Å². The van der Waals surface area contributed by atoms with Gasteiger partial charge < -0.3 is 14.1 Å². The van der Waals surface area contributed by atoms with Gasteiger partial charge in [0.15, 0.2) is 0 Å². The lowest BCUT2D eigenvalue weighted by Gasteiger charge is -2.09. The molecule has 0 aliphatic carbocycles. The van der Waals surface area contributed by atoms with Gasteiger partial charge in [-0.1, -0.05) is 13.0 Å². The van der Waals surface area contributed by atoms with Gasteiger partial charge in [-0.25, -0.2) is 0 Å². The predicted molar refractivity (Wildman–Crippen MR) is 81.4 cm³/mol. The Hall–Kier alpha value is -2.52. The molecule has 1 aromatic carbocycles. The van der Waals surface area contributed by atoms with Crippen LogP contribution in [-0.2, 0) is 11.3 Å². The Morgan fingerprint density at radius 1 is 1.36 bits per heavy atom. The average molecular weight is 293 g/mol. The molecule has 1 aromatic heterocycles. The lowest BCUT2D eigenvalue weighted by molar-refractivity contribution is 0.299. The van der Waals surface area contributed by atoms with Crippen LogP contribution in [0.3, 0.4) is 0 Å². The minimum absolute atomic E-state index is 0.305. The van der Waals surface area contributed by atoms with Gasteiger partial charge in [0, 0.05) is 6.07 Å². The Bertz CT molecular complexity index is 728. The molecule has 6 heteroatoms. The Kier molecular flexibility index (Phi) is 4.26. The van der Waals surface area contributed by atoms with Gasteiger partial charge in [0.1, 0.15) is 17.4 Å². The van der Waals surface area contributed by atoms with Gasteiger partial charge in [-0.2, -0.15) is 10.2 Å². The molecular weight excluding hydrogens is 279 g/mol. The van der Waals surface area contributed by atoms with Crippen LogP contribution in [0.15, 0.2) is 30.3 Å². The van der Waals surface area contributed by atoms with Gasteiger partial charge in [-0.05, 0) is 35.6 Å². The molecule has 1 radical (unpaired) electrons. The topological polar surface area (TPSA) is 64.4 Å². The molecule has 1 aliphatic rings. The van der Waals surface area contributed by atoms with E-state index in [9.17, 15) is 0 Å². The van der Waals surface area contributed by atoms with Crippen LogP contribution in [0.25, 0.3) is 0 Å². The molecule has 1 aliphatic heterocycles. The monoisotopic (exact) mass is 293 g/mol. The molecule has 3 rings (SSSR count). The molecule has 0 fully saturated rings. The Balaban J connectivity index is 1.81. The summed E-state index contributed by atoms with van der Waals surface area (Å²) in [4.78, 5) is 4.26. The summed E-state index contributed by atoms with van der Waals surface area (Å²) in [6.45, 7) is 3.06. The summed E-state index contributed by atoms with van der Waals surface area (Å²) >= 11 is 0. The molecule has 0 amide bonds. The second-order valence-corrected chi connectivity index (χ2v) is 4.85. The van der Waals surface area contributed by atoms with Crippen LogP contribution >= 0.6 is 0 Å². The highest BCUT2D eigenvalue weighted by Gasteiger charge is 2.14. The normalized spacial score (nSPS) is 12.2. The average Bonchev–Trinajstić information content (AvgIpc) is 3.00. The number of rotatable bonds is 5. The predicted octanol–water partition coefficient (Wildman–Crippen LogP) is 2.31. The summed E-state index contributed by atoms with van der Waals surface area (Å²) in [6.07, 6.45) is 0.846. The van der Waals surface area contributed by atoms with Gasteiger partial charge in [0.25, 0.3) is 0 Å². The molecular formula is C16H14BN2O3. The molecule has 0 bridgehead atoms. The lowest BCUT2D eigenvalue weighted by atomic mass is 9.87. The second-order valence-electron chi connectivity index (χ2n) is 4.85. The third-order valence-corrected chi connectivity index (χ3v) is 3.18. The summed E-state index contributed by atoms with van der Waals surface area (Å²) in [5.74, 6) is 1.38. The van der Waals surface area contributed by atoms with E-state index in [-0.39, 0.29) is 0 Å². The maximum absolute atomic E-state index is 9.08. The van der Waals surface area contributed by atoms with E-state index in [0.29, 0.717) is 36.3 Å². The number of pyridine rings is 1. The summed E-state index contributed by atoms with van der Waals surface area (Å²) in [6, 6.07) is 11.1. The van der Waals surface area contributed by atoms with Gasteiger partial charge in [-0.15, -0.1) is 0 Å². The van der Waals surface area contributed by atoms with E-state index in [1.165, 1.54) is 0 Å². The van der Waals surface area contributed by atoms with Crippen molar-refractivity contribution in [2.45, 2.75) is 20.0 Å². The van der Waals surface area contributed by atoms with Crippen molar-refractivity contribution in [3.8, 4) is 23.6 Å². The van der Waals surface area contributed by atoms with Crippen molar-refractivity contribution in [2.75, 3.05) is 6.61 Å². The van der Waals surface area contributed by atoms with E-state index in [1.54, 1.807) is 19.6 Å². The first-order valence-electron chi connectivity index (χ1n) is 7.09. The van der Waals surface area contributed by atoms with Gasteiger partial charge in [0.05, 0.1) is 13.2 Å². The third kappa shape index (κ3) is 3.05. The summed E-state index contributed by atoms with van der Waals surface area (Å²) in [7, 11) is 1.73. The number of nitriles is 1. The van der Waals surface area contributed by atoms with Crippen molar-refractivity contribution < 1.29 is 14.1 Å². The number of ether oxygens (including phenoxy) is 2. The van der Waals surface area contributed by atoms with Crippen LogP contribution < -0.4 is 14.9 Å². The van der Waals surface area contributed by atoms with Crippen molar-refractivity contribution in [3.63, 3.8) is 0 Å². The van der Waals surface area contributed by atoms with Crippen LogP contribution in [0.2, 0.25) is 0 Å². The van der Waals surface area contributed by atoms with Crippen LogP contribution in [-0.4, -0.2) is 19.1 Å². The largest absolute Gasteiger partial charge is 0.477 e. The highest BCUT2D eigenvalue weighted by Crippen LogP contribution is 2.25. The maximum atomic E-state index is 9.08. The number of nitrogens with zero attached hydrogens (tertiary/aromatic N) is 2. The number of benzene rings is 1. The van der Waals surface area contributed by atoms with E-state index in [0.717, 1.165) is 17.4 Å². The summed E-state index contributed by atoms with van der Waals surface area (Å²) in [5, 5.41) is 9.08. The molecule has 0 saturated heterocycles. The standard InChI is InChI=1S/C16H14BN2O3/c1-2-7-20-16-11(9-18)3-6-15(19-16)22-13-4-5-14-12(8-13)10-21-17-14/h3-6,8H,2,7,10H2,1H3. The first kappa shape index (κ1) is 14.4. The highest BCUT2D eigenvalue weighted by atomic mass is 16.5. The fourth-order valence-corrected chi connectivity index (χ4v) is 2.10. The van der Waals surface area contributed by atoms with Crippen molar-refractivity contribution in [2.24, 2.45) is 0 Å².